The molecule has 0 unspecified atom stereocenters. The molecule has 0 nitrogen and oxygen atoms in total. The second-order valence-corrected chi connectivity index (χ2v) is 11.9. The molecule has 6 aromatic rings. The molecule has 4 heteroatoms. The topological polar surface area (TPSA) is 0 Å². The van der Waals surface area contributed by atoms with Crippen LogP contribution in [0.15, 0.2) is 115 Å². The summed E-state index contributed by atoms with van der Waals surface area (Å²) < 4.78 is 0. The van der Waals surface area contributed by atoms with E-state index in [1.165, 1.54) is 96.7 Å². The molecule has 1 fully saturated rings. The van der Waals surface area contributed by atoms with Crippen LogP contribution >= 0.6 is 24.8 Å². The molecule has 0 spiro atoms. The van der Waals surface area contributed by atoms with Crippen LogP contribution in [0.3, 0.4) is 0 Å². The van der Waals surface area contributed by atoms with Gasteiger partial charge < -0.3 is 14.9 Å². The number of hydrogen-bond acceptors (Lipinski definition) is 0. The molecule has 0 atom stereocenters. The monoisotopic (exact) mass is 712 g/mol. The molecule has 0 heterocycles. The Hall–Kier alpha value is -2.22. The van der Waals surface area contributed by atoms with E-state index in [4.69, 9.17) is 0 Å². The van der Waals surface area contributed by atoms with Crippen LogP contribution in [0.1, 0.15) is 56.2 Å². The Labute approximate surface area is 295 Å². The quantitative estimate of drug-likeness (QED) is 0.126. The number of benzene rings is 4. The molecule has 2 radical (unpaired) electrons. The first-order valence-corrected chi connectivity index (χ1v) is 18.3. The molecule has 0 aliphatic heterocycles. The van der Waals surface area contributed by atoms with Crippen molar-refractivity contribution in [3.8, 4) is 22.3 Å². The van der Waals surface area contributed by atoms with Crippen LogP contribution in [0.5, 0.6) is 0 Å². The second-order valence-electron chi connectivity index (χ2n) is 11.9. The summed E-state index contributed by atoms with van der Waals surface area (Å²) in [5, 5.41) is 5.48. The third kappa shape index (κ3) is 9.17. The number of rotatable bonds is 3. The fourth-order valence-electron chi connectivity index (χ4n) is 5.57. The average molecular weight is 715 g/mol. The van der Waals surface area contributed by atoms with Crippen LogP contribution in [0.4, 0.5) is 0 Å². The van der Waals surface area contributed by atoms with Gasteiger partial charge in [0.25, 0.3) is 0 Å². The van der Waals surface area contributed by atoms with E-state index < -0.39 is 0 Å². The van der Waals surface area contributed by atoms with Gasteiger partial charge in [-0.05, 0) is 40.9 Å². The Morgan fingerprint density at radius 3 is 1.66 bits per heavy atom. The summed E-state index contributed by atoms with van der Waals surface area (Å²) in [6.45, 7) is 12.0. The summed E-state index contributed by atoms with van der Waals surface area (Å²) in [5.74, 6) is 0.823. The summed E-state index contributed by atoms with van der Waals surface area (Å²) >= 11 is 1.36. The van der Waals surface area contributed by atoms with Gasteiger partial charge in [-0.2, -0.15) is 12.1 Å². The van der Waals surface area contributed by atoms with Gasteiger partial charge in [0.05, 0.1) is 0 Å². The van der Waals surface area contributed by atoms with Crippen molar-refractivity contribution in [1.29, 1.82) is 0 Å². The molecule has 0 saturated heterocycles. The molecular formula is C40H44Cl2SiZr-4. The molecule has 0 bridgehead atoms. The predicted molar refractivity (Wildman–Crippen MR) is 198 cm³/mol. The number of halogens is 2. The average Bonchev–Trinajstić information content (AvgIpc) is 3.61. The third-order valence-electron chi connectivity index (χ3n) is 7.86. The summed E-state index contributed by atoms with van der Waals surface area (Å²) in [6.07, 6.45) is 2.73. The molecule has 1 saturated carbocycles. The molecule has 7 rings (SSSR count). The fourth-order valence-corrected chi connectivity index (χ4v) is 5.57. The summed E-state index contributed by atoms with van der Waals surface area (Å²) in [4.78, 5) is 0. The Morgan fingerprint density at radius 1 is 0.636 bits per heavy atom. The fraction of sp³-hybridized carbons (Fsp3) is 0.200. The van der Waals surface area contributed by atoms with Crippen LogP contribution in [-0.2, 0) is 28.8 Å². The van der Waals surface area contributed by atoms with Crippen LogP contribution in [0.2, 0.25) is 0 Å². The first-order valence-electron chi connectivity index (χ1n) is 14.1. The summed E-state index contributed by atoms with van der Waals surface area (Å²) in [6, 6.07) is 42.2. The minimum absolute atomic E-state index is 0. The zero-order chi connectivity index (χ0) is 28.3. The molecule has 0 aromatic heterocycles. The second kappa shape index (κ2) is 17.5. The molecule has 1 aliphatic carbocycles. The van der Waals surface area contributed by atoms with Crippen molar-refractivity contribution in [2.75, 3.05) is 0 Å². The van der Waals surface area contributed by atoms with E-state index in [0.717, 1.165) is 5.92 Å². The first-order chi connectivity index (χ1) is 19.4. The van der Waals surface area contributed by atoms with E-state index in [9.17, 15) is 0 Å². The number of fused-ring (bicyclic) bond motifs is 2. The van der Waals surface area contributed by atoms with Crippen molar-refractivity contribution < 1.29 is 23.3 Å². The standard InChI is InChI=1S/C22H23.C16H13.2CH3.2ClH.Si.Zr/c1-22(2,3)19-11-9-16(10-12-19)20-6-4-5-17-13-18(14-21(17)20)15-7-8-15;1-12-10-14-8-5-9-15(16(14)11-12)13-6-3-2-4-7-13;;;;;;/h4-6,9-15H,7-8H2,1-3H3;2-11H,1H3;2*1H3;2*1H;;/q4*-1;;;;. The van der Waals surface area contributed by atoms with Gasteiger partial charge in [-0.25, -0.2) is 0 Å². The Morgan fingerprint density at radius 2 is 1.14 bits per heavy atom. The van der Waals surface area contributed by atoms with Crippen molar-refractivity contribution in [2.24, 2.45) is 0 Å². The number of hydrogen-bond donors (Lipinski definition) is 0. The third-order valence-corrected chi connectivity index (χ3v) is 7.86. The summed E-state index contributed by atoms with van der Waals surface area (Å²) in [7, 11) is 0. The molecule has 230 valence electrons. The Kier molecular flexibility index (Phi) is 15.8. The molecule has 0 amide bonds. The van der Waals surface area contributed by atoms with E-state index in [2.05, 4.69) is 150 Å². The van der Waals surface area contributed by atoms with Gasteiger partial charge in [-0.15, -0.1) is 93.9 Å². The van der Waals surface area contributed by atoms with Gasteiger partial charge in [0, 0.05) is 0 Å². The van der Waals surface area contributed by atoms with Gasteiger partial charge in [-0.1, -0.05) is 106 Å². The van der Waals surface area contributed by atoms with Crippen molar-refractivity contribution in [1.82, 2.24) is 0 Å². The molecule has 0 N–H and O–H groups in total. The predicted octanol–water partition coefficient (Wildman–Crippen LogP) is 12.3. The molecule has 6 aromatic carbocycles. The van der Waals surface area contributed by atoms with Gasteiger partial charge in [-0.3, -0.25) is 0 Å². The van der Waals surface area contributed by atoms with E-state index in [1.54, 1.807) is 0 Å². The van der Waals surface area contributed by atoms with Gasteiger partial charge in [0.2, 0.25) is 0 Å². The molecule has 44 heavy (non-hydrogen) atoms. The van der Waals surface area contributed by atoms with Gasteiger partial charge in [0.15, 0.2) is 0 Å². The summed E-state index contributed by atoms with van der Waals surface area (Å²) in [5.41, 5.74) is 9.78. The van der Waals surface area contributed by atoms with E-state index in [-0.39, 0.29) is 45.1 Å². The first kappa shape index (κ1) is 39.8. The maximum absolute atomic E-state index is 3.06. The minimum atomic E-state index is 0. The van der Waals surface area contributed by atoms with Crippen LogP contribution in [-0.4, -0.2) is 6.88 Å². The Bertz CT molecular complexity index is 1720. The Balaban J connectivity index is 0.000000397. The molecular weight excluding hydrogens is 671 g/mol. The SMILES string of the molecule is CC(C)(C)c1ccc(-c2cccc3[cH-]c(C4CC4)cc23)cc1.Cc1cc2c(-c3ccccc3)cccc2[cH-]1.Cl.Cl.[CH3-].[CH3-].[Si]=[Zr]. The van der Waals surface area contributed by atoms with E-state index in [0.29, 0.717) is 0 Å². The van der Waals surface area contributed by atoms with Gasteiger partial charge >= 0.3 is 30.2 Å². The van der Waals surface area contributed by atoms with E-state index in [1.807, 2.05) is 0 Å². The van der Waals surface area contributed by atoms with Crippen molar-refractivity contribution >= 4 is 53.2 Å². The maximum atomic E-state index is 3.06. The van der Waals surface area contributed by atoms with Crippen LogP contribution < -0.4 is 0 Å². The van der Waals surface area contributed by atoms with Crippen LogP contribution in [0, 0.1) is 21.8 Å². The van der Waals surface area contributed by atoms with Crippen molar-refractivity contribution in [2.45, 2.75) is 51.9 Å². The van der Waals surface area contributed by atoms with Crippen molar-refractivity contribution in [3.05, 3.63) is 147 Å². The van der Waals surface area contributed by atoms with Crippen LogP contribution in [0.25, 0.3) is 43.8 Å². The van der Waals surface area contributed by atoms with Gasteiger partial charge in [0.1, 0.15) is 0 Å². The normalized spacial score (nSPS) is 11.7. The van der Waals surface area contributed by atoms with E-state index >= 15 is 0 Å². The molecule has 1 aliphatic rings. The zero-order valence-electron chi connectivity index (χ0n) is 26.8. The zero-order valence-corrected chi connectivity index (χ0v) is 31.9. The van der Waals surface area contributed by atoms with Crippen molar-refractivity contribution in [3.63, 3.8) is 0 Å². The number of aryl methyl sites for hydroxylation is 1.